The van der Waals surface area contributed by atoms with Crippen LogP contribution in [0.3, 0.4) is 0 Å². The first-order valence-electron chi connectivity index (χ1n) is 4.47. The van der Waals surface area contributed by atoms with Gasteiger partial charge in [-0.25, -0.2) is 0 Å². The number of Topliss-reactive ketones (excluding diaryl/α,β-unsaturated/α-hetero) is 1. The molecule has 3 nitrogen and oxygen atoms in total. The number of hydrogen-bond acceptors (Lipinski definition) is 2. The maximum absolute atomic E-state index is 11.5. The Kier molecular flexibility index (Phi) is 1.50. The number of rotatable bonds is 3. The highest BCUT2D eigenvalue weighted by atomic mass is 16.2. The highest BCUT2D eigenvalue weighted by Crippen LogP contribution is 2.47. The smallest absolute Gasteiger partial charge is 0.233 e. The molecule has 0 saturated heterocycles. The topological polar surface area (TPSA) is 46.2 Å². The fourth-order valence-corrected chi connectivity index (χ4v) is 1.42. The van der Waals surface area contributed by atoms with Crippen molar-refractivity contribution < 1.29 is 9.59 Å². The largest absolute Gasteiger partial charge is 0.353 e. The van der Waals surface area contributed by atoms with Crippen LogP contribution < -0.4 is 5.32 Å². The SMILES string of the molecule is CC(=O)C1(C(=O)NC2CC2)CC1. The van der Waals surface area contributed by atoms with Gasteiger partial charge < -0.3 is 5.32 Å². The second kappa shape index (κ2) is 2.31. The third-order valence-electron chi connectivity index (χ3n) is 2.77. The van der Waals surface area contributed by atoms with Gasteiger partial charge in [0.25, 0.3) is 0 Å². The van der Waals surface area contributed by atoms with Crippen molar-refractivity contribution in [3.63, 3.8) is 0 Å². The molecule has 3 heteroatoms. The van der Waals surface area contributed by atoms with E-state index in [0.717, 1.165) is 25.7 Å². The summed E-state index contributed by atoms with van der Waals surface area (Å²) >= 11 is 0. The Morgan fingerprint density at radius 1 is 1.33 bits per heavy atom. The second-order valence-electron chi connectivity index (χ2n) is 3.89. The third-order valence-corrected chi connectivity index (χ3v) is 2.77. The molecule has 2 aliphatic rings. The molecule has 0 aromatic heterocycles. The van der Waals surface area contributed by atoms with Crippen molar-refractivity contribution in [3.8, 4) is 0 Å². The van der Waals surface area contributed by atoms with Gasteiger partial charge in [0, 0.05) is 6.04 Å². The van der Waals surface area contributed by atoms with Gasteiger partial charge in [-0.2, -0.15) is 0 Å². The van der Waals surface area contributed by atoms with Gasteiger partial charge in [0.1, 0.15) is 11.2 Å². The average molecular weight is 167 g/mol. The molecular formula is C9H13NO2. The molecule has 0 bridgehead atoms. The van der Waals surface area contributed by atoms with E-state index in [1.807, 2.05) is 0 Å². The molecule has 12 heavy (non-hydrogen) atoms. The van der Waals surface area contributed by atoms with E-state index in [1.54, 1.807) is 0 Å². The molecule has 0 spiro atoms. The Hall–Kier alpha value is -0.860. The van der Waals surface area contributed by atoms with E-state index in [2.05, 4.69) is 5.32 Å². The van der Waals surface area contributed by atoms with Gasteiger partial charge in [-0.1, -0.05) is 0 Å². The van der Waals surface area contributed by atoms with Gasteiger partial charge in [-0.3, -0.25) is 9.59 Å². The van der Waals surface area contributed by atoms with Crippen LogP contribution in [0, 0.1) is 5.41 Å². The summed E-state index contributed by atoms with van der Waals surface area (Å²) < 4.78 is 0. The van der Waals surface area contributed by atoms with Crippen molar-refractivity contribution in [3.05, 3.63) is 0 Å². The van der Waals surface area contributed by atoms with Crippen LogP contribution in [0.25, 0.3) is 0 Å². The molecule has 0 aromatic rings. The molecule has 2 saturated carbocycles. The van der Waals surface area contributed by atoms with Crippen LogP contribution in [-0.2, 0) is 9.59 Å². The summed E-state index contributed by atoms with van der Waals surface area (Å²) in [5, 5.41) is 2.88. The van der Waals surface area contributed by atoms with E-state index < -0.39 is 5.41 Å². The van der Waals surface area contributed by atoms with Crippen LogP contribution in [0.2, 0.25) is 0 Å². The number of carbonyl (C=O) groups excluding carboxylic acids is 2. The summed E-state index contributed by atoms with van der Waals surface area (Å²) in [6, 6.07) is 0.370. The molecule has 0 unspecified atom stereocenters. The zero-order valence-corrected chi connectivity index (χ0v) is 7.22. The minimum atomic E-state index is -0.609. The summed E-state index contributed by atoms with van der Waals surface area (Å²) in [5.41, 5.74) is -0.609. The standard InChI is InChI=1S/C9H13NO2/c1-6(11)9(4-5-9)8(12)10-7-2-3-7/h7H,2-5H2,1H3,(H,10,12). The Labute approximate surface area is 71.5 Å². The quantitative estimate of drug-likeness (QED) is 0.627. The zero-order chi connectivity index (χ0) is 8.77. The maximum Gasteiger partial charge on any atom is 0.233 e. The van der Waals surface area contributed by atoms with Gasteiger partial charge in [0.05, 0.1) is 0 Å². The molecule has 2 aliphatic carbocycles. The van der Waals surface area contributed by atoms with E-state index in [1.165, 1.54) is 6.92 Å². The van der Waals surface area contributed by atoms with Crippen LogP contribution in [0.4, 0.5) is 0 Å². The molecule has 0 heterocycles. The predicted molar refractivity (Wildman–Crippen MR) is 43.5 cm³/mol. The van der Waals surface area contributed by atoms with Gasteiger partial charge in [0.15, 0.2) is 0 Å². The molecule has 0 radical (unpaired) electrons. The predicted octanol–water partition coefficient (Wildman–Crippen LogP) is 0.634. The third kappa shape index (κ3) is 1.13. The fraction of sp³-hybridized carbons (Fsp3) is 0.778. The summed E-state index contributed by atoms with van der Waals surface area (Å²) in [7, 11) is 0. The first kappa shape index (κ1) is 7.77. The van der Waals surface area contributed by atoms with Crippen LogP contribution in [0.1, 0.15) is 32.6 Å². The zero-order valence-electron chi connectivity index (χ0n) is 7.22. The van der Waals surface area contributed by atoms with Crippen LogP contribution in [0.5, 0.6) is 0 Å². The van der Waals surface area contributed by atoms with Gasteiger partial charge >= 0.3 is 0 Å². The molecule has 66 valence electrons. The van der Waals surface area contributed by atoms with E-state index in [9.17, 15) is 9.59 Å². The molecule has 2 rings (SSSR count). The number of hydrogen-bond donors (Lipinski definition) is 1. The van der Waals surface area contributed by atoms with E-state index in [0.29, 0.717) is 6.04 Å². The van der Waals surface area contributed by atoms with Crippen molar-refractivity contribution >= 4 is 11.7 Å². The minimum Gasteiger partial charge on any atom is -0.353 e. The van der Waals surface area contributed by atoms with Gasteiger partial charge in [0.2, 0.25) is 5.91 Å². The minimum absolute atomic E-state index is 0.0284. The maximum atomic E-state index is 11.5. The lowest BCUT2D eigenvalue weighted by molar-refractivity contribution is -0.134. The summed E-state index contributed by atoms with van der Waals surface area (Å²) in [6.07, 6.45) is 3.67. The van der Waals surface area contributed by atoms with Crippen molar-refractivity contribution in [2.75, 3.05) is 0 Å². The lowest BCUT2D eigenvalue weighted by Gasteiger charge is -2.10. The Balaban J connectivity index is 1.97. The van der Waals surface area contributed by atoms with E-state index >= 15 is 0 Å². The summed E-state index contributed by atoms with van der Waals surface area (Å²) in [6.45, 7) is 1.51. The summed E-state index contributed by atoms with van der Waals surface area (Å²) in [5.74, 6) is -0.00171. The Bertz CT molecular complexity index is 239. The number of carbonyl (C=O) groups is 2. The van der Waals surface area contributed by atoms with Crippen molar-refractivity contribution in [2.24, 2.45) is 5.41 Å². The molecular weight excluding hydrogens is 154 g/mol. The molecule has 1 amide bonds. The van der Waals surface area contributed by atoms with E-state index in [4.69, 9.17) is 0 Å². The molecule has 0 aliphatic heterocycles. The number of amides is 1. The second-order valence-corrected chi connectivity index (χ2v) is 3.89. The summed E-state index contributed by atoms with van der Waals surface area (Å²) in [4.78, 5) is 22.6. The molecule has 2 fully saturated rings. The monoisotopic (exact) mass is 167 g/mol. The van der Waals surface area contributed by atoms with Crippen molar-refractivity contribution in [1.82, 2.24) is 5.32 Å². The Morgan fingerprint density at radius 3 is 2.25 bits per heavy atom. The van der Waals surface area contributed by atoms with Gasteiger partial charge in [-0.05, 0) is 32.6 Å². The number of nitrogens with one attached hydrogen (secondary N) is 1. The Morgan fingerprint density at radius 2 is 1.92 bits per heavy atom. The van der Waals surface area contributed by atoms with E-state index in [-0.39, 0.29) is 11.7 Å². The molecule has 0 aromatic carbocycles. The fourth-order valence-electron chi connectivity index (χ4n) is 1.42. The van der Waals surface area contributed by atoms with Crippen LogP contribution in [0.15, 0.2) is 0 Å². The van der Waals surface area contributed by atoms with Crippen molar-refractivity contribution in [1.29, 1.82) is 0 Å². The normalized spacial score (nSPS) is 24.8. The van der Waals surface area contributed by atoms with Crippen LogP contribution in [-0.4, -0.2) is 17.7 Å². The highest BCUT2D eigenvalue weighted by Gasteiger charge is 2.54. The lowest BCUT2D eigenvalue weighted by atomic mass is 10.0. The lowest BCUT2D eigenvalue weighted by Crippen LogP contribution is -2.37. The number of ketones is 1. The van der Waals surface area contributed by atoms with Crippen LogP contribution >= 0.6 is 0 Å². The van der Waals surface area contributed by atoms with Crippen molar-refractivity contribution in [2.45, 2.75) is 38.6 Å². The molecule has 1 N–H and O–H groups in total. The van der Waals surface area contributed by atoms with Gasteiger partial charge in [-0.15, -0.1) is 0 Å². The molecule has 0 atom stereocenters. The average Bonchev–Trinajstić information content (AvgIpc) is 2.83. The first-order chi connectivity index (χ1) is 5.65. The first-order valence-corrected chi connectivity index (χ1v) is 4.47. The highest BCUT2D eigenvalue weighted by molar-refractivity contribution is 6.07.